The topological polar surface area (TPSA) is 89.1 Å². The van der Waals surface area contributed by atoms with E-state index in [1.165, 1.54) is 29.1 Å². The van der Waals surface area contributed by atoms with Crippen LogP contribution >= 0.6 is 23.8 Å². The maximum atomic E-state index is 14.0. The molecular weight excluding hydrogens is 369 g/mol. The van der Waals surface area contributed by atoms with Gasteiger partial charge in [-0.1, -0.05) is 29.8 Å². The first-order chi connectivity index (χ1) is 12.0. The van der Waals surface area contributed by atoms with Crippen LogP contribution in [0.15, 0.2) is 47.6 Å². The van der Waals surface area contributed by atoms with Crippen LogP contribution in [0.3, 0.4) is 0 Å². The number of nitro groups is 1. The molecule has 0 spiro atoms. The summed E-state index contributed by atoms with van der Waals surface area (Å²) in [6, 6.07) is 10.3. The number of H-pyrrole nitrogens is 1. The molecule has 3 aromatic rings. The van der Waals surface area contributed by atoms with Crippen molar-refractivity contribution < 1.29 is 9.31 Å². The second-order valence-corrected chi connectivity index (χ2v) is 5.65. The predicted molar refractivity (Wildman–Crippen MR) is 93.9 cm³/mol. The van der Waals surface area contributed by atoms with Crippen molar-refractivity contribution >= 4 is 35.7 Å². The molecule has 0 radical (unpaired) electrons. The first kappa shape index (κ1) is 16.9. The van der Waals surface area contributed by atoms with Crippen molar-refractivity contribution in [3.63, 3.8) is 0 Å². The Labute approximate surface area is 150 Å². The molecular formula is C15H9ClFN5O2S. The molecule has 10 heteroatoms. The van der Waals surface area contributed by atoms with E-state index in [0.717, 1.165) is 0 Å². The molecule has 126 valence electrons. The van der Waals surface area contributed by atoms with E-state index in [0.29, 0.717) is 5.56 Å². The zero-order valence-corrected chi connectivity index (χ0v) is 14.0. The van der Waals surface area contributed by atoms with E-state index in [2.05, 4.69) is 15.3 Å². The molecule has 2 aromatic carbocycles. The van der Waals surface area contributed by atoms with Gasteiger partial charge in [0.2, 0.25) is 4.77 Å². The summed E-state index contributed by atoms with van der Waals surface area (Å²) in [5.41, 5.74) is 0.406. The van der Waals surface area contributed by atoms with E-state index in [1.54, 1.807) is 24.3 Å². The maximum Gasteiger partial charge on any atom is 0.288 e. The molecule has 0 saturated heterocycles. The highest BCUT2D eigenvalue weighted by atomic mass is 35.5. The number of benzene rings is 2. The third-order valence-corrected chi connectivity index (χ3v) is 3.84. The molecule has 0 atom stereocenters. The van der Waals surface area contributed by atoms with E-state index >= 15 is 0 Å². The lowest BCUT2D eigenvalue weighted by Gasteiger charge is -2.02. The Morgan fingerprint density at radius 3 is 2.84 bits per heavy atom. The monoisotopic (exact) mass is 377 g/mol. The van der Waals surface area contributed by atoms with Crippen LogP contribution in [-0.2, 0) is 0 Å². The largest absolute Gasteiger partial charge is 0.288 e. The molecule has 1 N–H and O–H groups in total. The van der Waals surface area contributed by atoms with E-state index in [9.17, 15) is 14.5 Å². The Balaban J connectivity index is 2.02. The Morgan fingerprint density at radius 1 is 1.36 bits per heavy atom. The molecule has 1 aromatic heterocycles. The first-order valence-electron chi connectivity index (χ1n) is 6.88. The highest BCUT2D eigenvalue weighted by Gasteiger charge is 2.14. The molecule has 3 rings (SSSR count). The lowest BCUT2D eigenvalue weighted by atomic mass is 10.2. The van der Waals surface area contributed by atoms with Crippen molar-refractivity contribution in [1.29, 1.82) is 0 Å². The van der Waals surface area contributed by atoms with Gasteiger partial charge >= 0.3 is 0 Å². The summed E-state index contributed by atoms with van der Waals surface area (Å²) in [6.45, 7) is 0. The fourth-order valence-corrected chi connectivity index (χ4v) is 2.46. The van der Waals surface area contributed by atoms with Crippen molar-refractivity contribution in [2.24, 2.45) is 5.10 Å². The Kier molecular flexibility index (Phi) is 4.68. The Hall–Kier alpha value is -2.91. The van der Waals surface area contributed by atoms with E-state index < -0.39 is 10.7 Å². The standard InChI is InChI=1S/C15H9ClFN5O2S/c16-11-6-5-9(7-13(11)22(23)24)8-18-21-14(19-20-15(21)25)10-3-1-2-4-12(10)17/h1-8H,(H,20,25). The molecule has 25 heavy (non-hydrogen) atoms. The van der Waals surface area contributed by atoms with E-state index in [1.807, 2.05) is 0 Å². The first-order valence-corrected chi connectivity index (χ1v) is 7.66. The van der Waals surface area contributed by atoms with Gasteiger partial charge < -0.3 is 0 Å². The summed E-state index contributed by atoms with van der Waals surface area (Å²) in [5.74, 6) is -0.294. The molecule has 7 nitrogen and oxygen atoms in total. The Bertz CT molecular complexity index is 1050. The molecule has 0 aliphatic heterocycles. The second-order valence-electron chi connectivity index (χ2n) is 4.86. The van der Waals surface area contributed by atoms with Gasteiger partial charge in [-0.3, -0.25) is 10.1 Å². The summed E-state index contributed by atoms with van der Waals surface area (Å²) < 4.78 is 15.4. The number of hydrogen-bond acceptors (Lipinski definition) is 5. The molecule has 0 aliphatic carbocycles. The van der Waals surface area contributed by atoms with E-state index in [-0.39, 0.29) is 26.9 Å². The van der Waals surface area contributed by atoms with Crippen LogP contribution < -0.4 is 0 Å². The highest BCUT2D eigenvalue weighted by molar-refractivity contribution is 7.71. The van der Waals surface area contributed by atoms with Crippen molar-refractivity contribution in [3.8, 4) is 11.4 Å². The minimum Gasteiger partial charge on any atom is -0.258 e. The van der Waals surface area contributed by atoms with Crippen molar-refractivity contribution in [1.82, 2.24) is 14.9 Å². The summed E-state index contributed by atoms with van der Waals surface area (Å²) in [4.78, 5) is 10.3. The van der Waals surface area contributed by atoms with Crippen LogP contribution in [-0.4, -0.2) is 26.0 Å². The average Bonchev–Trinajstić information content (AvgIpc) is 2.95. The van der Waals surface area contributed by atoms with Crippen LogP contribution in [0, 0.1) is 20.7 Å². The molecule has 0 fully saturated rings. The summed E-state index contributed by atoms with van der Waals surface area (Å²) in [6.07, 6.45) is 1.35. The van der Waals surface area contributed by atoms with Crippen LogP contribution in [0.25, 0.3) is 11.4 Å². The quantitative estimate of drug-likeness (QED) is 0.319. The normalized spacial score (nSPS) is 11.1. The van der Waals surface area contributed by atoms with Crippen LogP contribution in [0.5, 0.6) is 0 Å². The number of halogens is 2. The summed E-state index contributed by atoms with van der Waals surface area (Å²) >= 11 is 10.9. The molecule has 0 aliphatic rings. The van der Waals surface area contributed by atoms with Gasteiger partial charge in [-0.15, -0.1) is 0 Å². The Morgan fingerprint density at radius 2 is 2.12 bits per heavy atom. The van der Waals surface area contributed by atoms with Gasteiger partial charge in [0.05, 0.1) is 16.7 Å². The van der Waals surface area contributed by atoms with E-state index in [4.69, 9.17) is 23.8 Å². The van der Waals surface area contributed by atoms with Gasteiger partial charge in [0.25, 0.3) is 5.69 Å². The van der Waals surface area contributed by atoms with Crippen LogP contribution in [0.1, 0.15) is 5.56 Å². The molecule has 0 bridgehead atoms. The van der Waals surface area contributed by atoms with Crippen molar-refractivity contribution in [2.75, 3.05) is 0 Å². The number of nitrogens with zero attached hydrogens (tertiary/aromatic N) is 4. The van der Waals surface area contributed by atoms with Gasteiger partial charge in [-0.05, 0) is 30.4 Å². The zero-order chi connectivity index (χ0) is 18.0. The van der Waals surface area contributed by atoms with Gasteiger partial charge in [0, 0.05) is 11.6 Å². The fraction of sp³-hybridized carbons (Fsp3) is 0. The van der Waals surface area contributed by atoms with Gasteiger partial charge in [0.15, 0.2) is 5.82 Å². The minimum atomic E-state index is -0.589. The summed E-state index contributed by atoms with van der Waals surface area (Å²) in [7, 11) is 0. The van der Waals surface area contributed by atoms with Crippen molar-refractivity contribution in [3.05, 3.63) is 73.8 Å². The van der Waals surface area contributed by atoms with Gasteiger partial charge in [-0.2, -0.15) is 14.9 Å². The molecule has 1 heterocycles. The highest BCUT2D eigenvalue weighted by Crippen LogP contribution is 2.25. The minimum absolute atomic E-state index is 0.0223. The SMILES string of the molecule is O=[N+]([O-])c1cc(C=Nn2c(-c3ccccc3F)n[nH]c2=S)ccc1Cl. The van der Waals surface area contributed by atoms with Crippen LogP contribution in [0.2, 0.25) is 5.02 Å². The third-order valence-electron chi connectivity index (χ3n) is 3.25. The lowest BCUT2D eigenvalue weighted by molar-refractivity contribution is -0.384. The smallest absolute Gasteiger partial charge is 0.258 e. The zero-order valence-electron chi connectivity index (χ0n) is 12.4. The predicted octanol–water partition coefficient (Wildman–Crippen LogP) is 4.19. The third kappa shape index (κ3) is 3.47. The summed E-state index contributed by atoms with van der Waals surface area (Å²) in [5, 5.41) is 21.6. The van der Waals surface area contributed by atoms with Crippen molar-refractivity contribution in [2.45, 2.75) is 0 Å². The van der Waals surface area contributed by atoms with Gasteiger partial charge in [0.1, 0.15) is 10.8 Å². The molecule has 0 amide bonds. The number of rotatable bonds is 4. The van der Waals surface area contributed by atoms with Crippen LogP contribution in [0.4, 0.5) is 10.1 Å². The average molecular weight is 378 g/mol. The second kappa shape index (κ2) is 6.91. The maximum absolute atomic E-state index is 14.0. The molecule has 0 unspecified atom stereocenters. The number of aromatic amines is 1. The fourth-order valence-electron chi connectivity index (χ4n) is 2.09. The molecule has 0 saturated carbocycles. The van der Waals surface area contributed by atoms with Gasteiger partial charge in [-0.25, -0.2) is 9.49 Å². The number of hydrogen-bond donors (Lipinski definition) is 1. The number of nitrogens with one attached hydrogen (secondary N) is 1. The lowest BCUT2D eigenvalue weighted by Crippen LogP contribution is -1.97. The number of aromatic nitrogens is 3. The number of nitro benzene ring substituents is 1.